The maximum absolute atomic E-state index is 11.9. The van der Waals surface area contributed by atoms with Crippen molar-refractivity contribution in [3.63, 3.8) is 0 Å². The van der Waals surface area contributed by atoms with Crippen LogP contribution >= 0.6 is 11.3 Å². The van der Waals surface area contributed by atoms with Crippen molar-refractivity contribution in [3.05, 3.63) is 35.5 Å². The molecule has 0 aliphatic carbocycles. The number of carbonyl (C=O) groups excluding carboxylic acids is 1. The Morgan fingerprint density at radius 1 is 1.53 bits per heavy atom. The molecule has 2 aromatic heterocycles. The molecule has 6 heteroatoms. The van der Waals surface area contributed by atoms with E-state index in [1.807, 2.05) is 25.1 Å². The minimum atomic E-state index is -0.223. The Kier molecular flexibility index (Phi) is 4.59. The van der Waals surface area contributed by atoms with Crippen molar-refractivity contribution >= 4 is 17.2 Å². The van der Waals surface area contributed by atoms with Gasteiger partial charge in [0, 0.05) is 24.2 Å². The van der Waals surface area contributed by atoms with E-state index in [4.69, 9.17) is 5.11 Å². The van der Waals surface area contributed by atoms with Gasteiger partial charge in [-0.05, 0) is 25.5 Å². The first kappa shape index (κ1) is 13.6. The smallest absolute Gasteiger partial charge is 0.270 e. The van der Waals surface area contributed by atoms with Crippen LogP contribution in [-0.4, -0.2) is 33.6 Å². The number of carbonyl (C=O) groups is 1. The first-order valence-electron chi connectivity index (χ1n) is 5.99. The van der Waals surface area contributed by atoms with E-state index < -0.39 is 0 Å². The zero-order valence-electron chi connectivity index (χ0n) is 10.5. The van der Waals surface area contributed by atoms with Crippen molar-refractivity contribution in [3.8, 4) is 10.7 Å². The van der Waals surface area contributed by atoms with Gasteiger partial charge < -0.3 is 10.4 Å². The van der Waals surface area contributed by atoms with E-state index in [0.717, 1.165) is 10.7 Å². The van der Waals surface area contributed by atoms with Gasteiger partial charge in [0.2, 0.25) is 0 Å². The number of thiazole rings is 1. The summed E-state index contributed by atoms with van der Waals surface area (Å²) in [5, 5.41) is 14.0. The Morgan fingerprint density at radius 2 is 2.37 bits per heavy atom. The molecular formula is C13H15N3O2S. The van der Waals surface area contributed by atoms with Crippen molar-refractivity contribution in [2.75, 3.05) is 6.61 Å². The van der Waals surface area contributed by atoms with Crippen molar-refractivity contribution in [1.82, 2.24) is 15.3 Å². The lowest BCUT2D eigenvalue weighted by atomic mass is 10.2. The predicted octanol–water partition coefficient (Wildman–Crippen LogP) is 1.71. The number of amides is 1. The Hall–Kier alpha value is -1.79. The van der Waals surface area contributed by atoms with E-state index in [2.05, 4.69) is 15.3 Å². The molecular weight excluding hydrogens is 262 g/mol. The number of nitrogens with one attached hydrogen (secondary N) is 1. The lowest BCUT2D eigenvalue weighted by Crippen LogP contribution is -2.33. The summed E-state index contributed by atoms with van der Waals surface area (Å²) in [6.07, 6.45) is 2.22. The van der Waals surface area contributed by atoms with E-state index in [1.54, 1.807) is 11.6 Å². The molecule has 0 aliphatic rings. The molecule has 1 unspecified atom stereocenters. The lowest BCUT2D eigenvalue weighted by Gasteiger charge is -2.10. The van der Waals surface area contributed by atoms with Crippen molar-refractivity contribution in [2.24, 2.45) is 0 Å². The Balaban J connectivity index is 2.07. The number of nitrogens with zero attached hydrogens (tertiary/aromatic N) is 2. The third-order valence-corrected chi connectivity index (χ3v) is 3.43. The van der Waals surface area contributed by atoms with E-state index in [1.165, 1.54) is 11.3 Å². The maximum Gasteiger partial charge on any atom is 0.270 e. The van der Waals surface area contributed by atoms with Crippen molar-refractivity contribution < 1.29 is 9.90 Å². The molecule has 0 bridgehead atoms. The van der Waals surface area contributed by atoms with Crippen LogP contribution < -0.4 is 5.32 Å². The van der Waals surface area contributed by atoms with Gasteiger partial charge in [-0.3, -0.25) is 9.78 Å². The van der Waals surface area contributed by atoms with Gasteiger partial charge in [0.15, 0.2) is 0 Å². The average Bonchev–Trinajstić information content (AvgIpc) is 2.89. The van der Waals surface area contributed by atoms with Crippen LogP contribution in [0.15, 0.2) is 29.8 Å². The van der Waals surface area contributed by atoms with Crippen molar-refractivity contribution in [1.29, 1.82) is 0 Å². The van der Waals surface area contributed by atoms with Crippen LogP contribution in [0.4, 0.5) is 0 Å². The first-order chi connectivity index (χ1) is 9.20. The van der Waals surface area contributed by atoms with E-state index >= 15 is 0 Å². The fraction of sp³-hybridized carbons (Fsp3) is 0.308. The molecule has 2 aromatic rings. The zero-order chi connectivity index (χ0) is 13.7. The largest absolute Gasteiger partial charge is 0.396 e. The number of aliphatic hydroxyl groups is 1. The third-order valence-electron chi connectivity index (χ3n) is 2.56. The predicted molar refractivity (Wildman–Crippen MR) is 74.0 cm³/mol. The molecule has 0 aliphatic heterocycles. The highest BCUT2D eigenvalue weighted by atomic mass is 32.1. The second-order valence-electron chi connectivity index (χ2n) is 4.14. The molecule has 2 rings (SSSR count). The fourth-order valence-corrected chi connectivity index (χ4v) is 2.32. The summed E-state index contributed by atoms with van der Waals surface area (Å²) >= 11 is 1.39. The summed E-state index contributed by atoms with van der Waals surface area (Å²) in [5.41, 5.74) is 1.14. The van der Waals surface area contributed by atoms with E-state index in [-0.39, 0.29) is 18.6 Å². The van der Waals surface area contributed by atoms with Gasteiger partial charge in [0.1, 0.15) is 10.7 Å². The SMILES string of the molecule is CC(CCO)NC(=O)c1csc(-c2ccccn2)n1. The fourth-order valence-electron chi connectivity index (χ4n) is 1.55. The Bertz CT molecular complexity index is 542. The first-order valence-corrected chi connectivity index (χ1v) is 6.87. The average molecular weight is 277 g/mol. The van der Waals surface area contributed by atoms with E-state index in [9.17, 15) is 4.79 Å². The number of pyridine rings is 1. The molecule has 0 fully saturated rings. The highest BCUT2D eigenvalue weighted by Crippen LogP contribution is 2.21. The van der Waals surface area contributed by atoms with Gasteiger partial charge in [-0.2, -0.15) is 0 Å². The Labute approximate surface area is 115 Å². The summed E-state index contributed by atoms with van der Waals surface area (Å²) in [6, 6.07) is 5.50. The molecule has 0 spiro atoms. The minimum Gasteiger partial charge on any atom is -0.396 e. The van der Waals surface area contributed by atoms with Crippen LogP contribution in [0.5, 0.6) is 0 Å². The number of hydrogen-bond donors (Lipinski definition) is 2. The quantitative estimate of drug-likeness (QED) is 0.872. The molecule has 0 saturated heterocycles. The van der Waals surface area contributed by atoms with Gasteiger partial charge in [0.05, 0.1) is 5.69 Å². The second-order valence-corrected chi connectivity index (χ2v) is 5.00. The standard InChI is InChI=1S/C13H15N3O2S/c1-9(5-7-17)15-12(18)11-8-19-13(16-11)10-4-2-3-6-14-10/h2-4,6,8-9,17H,5,7H2,1H3,(H,15,18). The van der Waals surface area contributed by atoms with Gasteiger partial charge >= 0.3 is 0 Å². The number of aliphatic hydroxyl groups excluding tert-OH is 1. The second kappa shape index (κ2) is 6.40. The molecule has 100 valence electrons. The molecule has 2 N–H and O–H groups in total. The van der Waals surface area contributed by atoms with E-state index in [0.29, 0.717) is 12.1 Å². The highest BCUT2D eigenvalue weighted by molar-refractivity contribution is 7.13. The molecule has 0 aromatic carbocycles. The number of rotatable bonds is 5. The molecule has 5 nitrogen and oxygen atoms in total. The molecule has 0 saturated carbocycles. The monoisotopic (exact) mass is 277 g/mol. The molecule has 19 heavy (non-hydrogen) atoms. The summed E-state index contributed by atoms with van der Waals surface area (Å²) < 4.78 is 0. The lowest BCUT2D eigenvalue weighted by molar-refractivity contribution is 0.0930. The number of hydrogen-bond acceptors (Lipinski definition) is 5. The molecule has 1 atom stereocenters. The van der Waals surface area contributed by atoms with Crippen LogP contribution in [0.2, 0.25) is 0 Å². The van der Waals surface area contributed by atoms with Gasteiger partial charge in [-0.15, -0.1) is 11.3 Å². The molecule has 2 heterocycles. The normalized spacial score (nSPS) is 12.1. The van der Waals surface area contributed by atoms with Gasteiger partial charge in [0.25, 0.3) is 5.91 Å². The molecule has 1 amide bonds. The van der Waals surface area contributed by atoms with Gasteiger partial charge in [-0.25, -0.2) is 4.98 Å². The summed E-state index contributed by atoms with van der Waals surface area (Å²) in [7, 11) is 0. The highest BCUT2D eigenvalue weighted by Gasteiger charge is 2.14. The Morgan fingerprint density at radius 3 is 3.05 bits per heavy atom. The molecule has 0 radical (unpaired) electrons. The maximum atomic E-state index is 11.9. The van der Waals surface area contributed by atoms with Crippen molar-refractivity contribution in [2.45, 2.75) is 19.4 Å². The summed E-state index contributed by atoms with van der Waals surface area (Å²) in [6.45, 7) is 1.90. The van der Waals surface area contributed by atoms with Crippen LogP contribution in [-0.2, 0) is 0 Å². The zero-order valence-corrected chi connectivity index (χ0v) is 11.4. The van der Waals surface area contributed by atoms with Crippen LogP contribution in [0.1, 0.15) is 23.8 Å². The topological polar surface area (TPSA) is 75.1 Å². The number of aromatic nitrogens is 2. The van der Waals surface area contributed by atoms with Crippen LogP contribution in [0.25, 0.3) is 10.7 Å². The van der Waals surface area contributed by atoms with Gasteiger partial charge in [-0.1, -0.05) is 6.07 Å². The van der Waals surface area contributed by atoms with Crippen LogP contribution in [0.3, 0.4) is 0 Å². The van der Waals surface area contributed by atoms with Crippen LogP contribution in [0, 0.1) is 0 Å². The summed E-state index contributed by atoms with van der Waals surface area (Å²) in [5.74, 6) is -0.223. The summed E-state index contributed by atoms with van der Waals surface area (Å²) in [4.78, 5) is 20.4. The third kappa shape index (κ3) is 3.59. The minimum absolute atomic E-state index is 0.0533.